The number of piperidine rings is 1. The smallest absolute Gasteiger partial charge is 0.252 e. The lowest BCUT2D eigenvalue weighted by molar-refractivity contribution is 0.0940. The van der Waals surface area contributed by atoms with E-state index in [0.717, 1.165) is 12.0 Å². The summed E-state index contributed by atoms with van der Waals surface area (Å²) in [4.78, 5) is 18.0. The number of imidazole rings is 1. The Morgan fingerprint density at radius 3 is 2.49 bits per heavy atom. The van der Waals surface area contributed by atoms with Crippen LogP contribution in [0.3, 0.4) is 0 Å². The molecular weight excluding hydrogens is 464 g/mol. The van der Waals surface area contributed by atoms with Crippen LogP contribution in [0.25, 0.3) is 0 Å². The molecule has 1 aromatic heterocycles. The lowest BCUT2D eigenvalue weighted by Crippen LogP contribution is -2.42. The van der Waals surface area contributed by atoms with Crippen LogP contribution in [0.2, 0.25) is 0 Å². The van der Waals surface area contributed by atoms with E-state index in [1.807, 2.05) is 35.9 Å². The highest BCUT2D eigenvalue weighted by Crippen LogP contribution is 2.30. The summed E-state index contributed by atoms with van der Waals surface area (Å²) in [5, 5.41) is 3.03. The van der Waals surface area contributed by atoms with Gasteiger partial charge in [-0.2, -0.15) is 4.31 Å². The van der Waals surface area contributed by atoms with E-state index in [0.29, 0.717) is 36.5 Å². The van der Waals surface area contributed by atoms with E-state index in [-0.39, 0.29) is 10.5 Å². The molecule has 0 bridgehead atoms. The van der Waals surface area contributed by atoms with Crippen LogP contribution >= 0.6 is 0 Å². The zero-order valence-corrected chi connectivity index (χ0v) is 21.3. The lowest BCUT2D eigenvalue weighted by Gasteiger charge is -2.34. The van der Waals surface area contributed by atoms with Crippen molar-refractivity contribution >= 4 is 15.9 Å². The van der Waals surface area contributed by atoms with Gasteiger partial charge in [0, 0.05) is 43.7 Å². The van der Waals surface area contributed by atoms with Gasteiger partial charge in [-0.1, -0.05) is 38.1 Å². The number of hydrogen-bond donors (Lipinski definition) is 1. The Morgan fingerprint density at radius 1 is 1.11 bits per heavy atom. The summed E-state index contributed by atoms with van der Waals surface area (Å²) in [6, 6.07) is 13.1. The van der Waals surface area contributed by atoms with Gasteiger partial charge in [0.1, 0.15) is 17.6 Å². The van der Waals surface area contributed by atoms with Crippen LogP contribution in [0.1, 0.15) is 48.1 Å². The third-order valence-corrected chi connectivity index (χ3v) is 8.24. The molecule has 186 valence electrons. The standard InChI is InChI=1S/C26H32N4O4S/c1-18-14-19(2)17-30(16-18)35(32,33)21-9-7-8-20(15-21)26(31)28-24(25-27-12-13-29(25)3)22-10-5-6-11-23(22)34-4/h5-13,15,18-19,24H,14,16-17H2,1-4H3,(H,28,31)/t18-,19-,24+/m1/s1. The number of ether oxygens (including phenoxy) is 1. The molecule has 0 saturated carbocycles. The Morgan fingerprint density at radius 2 is 1.83 bits per heavy atom. The SMILES string of the molecule is COc1ccccc1[C@H](NC(=O)c1cccc(S(=O)(=O)N2C[C@H](C)C[C@@H](C)C2)c1)c1nccn1C. The fourth-order valence-electron chi connectivity index (χ4n) is 4.80. The molecule has 2 aromatic carbocycles. The molecule has 0 unspecified atom stereocenters. The van der Waals surface area contributed by atoms with Crippen molar-refractivity contribution in [3.05, 3.63) is 77.9 Å². The first-order valence-electron chi connectivity index (χ1n) is 11.7. The van der Waals surface area contributed by atoms with E-state index in [1.165, 1.54) is 10.4 Å². The van der Waals surface area contributed by atoms with Gasteiger partial charge in [0.2, 0.25) is 10.0 Å². The maximum Gasteiger partial charge on any atom is 0.252 e. The third-order valence-electron chi connectivity index (χ3n) is 6.41. The van der Waals surface area contributed by atoms with Gasteiger partial charge in [0.05, 0.1) is 12.0 Å². The first-order chi connectivity index (χ1) is 16.7. The van der Waals surface area contributed by atoms with E-state index in [9.17, 15) is 13.2 Å². The Balaban J connectivity index is 1.65. The van der Waals surface area contributed by atoms with Crippen molar-refractivity contribution in [1.29, 1.82) is 0 Å². The molecule has 8 nitrogen and oxygen atoms in total. The predicted molar refractivity (Wildman–Crippen MR) is 134 cm³/mol. The molecule has 1 aliphatic rings. The highest BCUT2D eigenvalue weighted by Gasteiger charge is 2.32. The number of methoxy groups -OCH3 is 1. The monoisotopic (exact) mass is 496 g/mol. The van der Waals surface area contributed by atoms with Gasteiger partial charge in [-0.25, -0.2) is 13.4 Å². The number of carbonyl (C=O) groups excluding carboxylic acids is 1. The molecule has 1 saturated heterocycles. The predicted octanol–water partition coefficient (Wildman–Crippen LogP) is 3.61. The van der Waals surface area contributed by atoms with Crippen LogP contribution in [0.4, 0.5) is 0 Å². The van der Waals surface area contributed by atoms with Crippen molar-refractivity contribution < 1.29 is 17.9 Å². The summed E-state index contributed by atoms with van der Waals surface area (Å²) in [5.74, 6) is 1.42. The fraction of sp³-hybridized carbons (Fsp3) is 0.385. The minimum Gasteiger partial charge on any atom is -0.496 e. The van der Waals surface area contributed by atoms with Gasteiger partial charge in [-0.3, -0.25) is 4.79 Å². The summed E-state index contributed by atoms with van der Waals surface area (Å²) >= 11 is 0. The average Bonchev–Trinajstić information content (AvgIpc) is 3.27. The summed E-state index contributed by atoms with van der Waals surface area (Å²) < 4.78 is 35.6. The molecule has 1 N–H and O–H groups in total. The number of nitrogens with one attached hydrogen (secondary N) is 1. The minimum absolute atomic E-state index is 0.122. The zero-order chi connectivity index (χ0) is 25.2. The van der Waals surface area contributed by atoms with Gasteiger partial charge in [0.15, 0.2) is 0 Å². The topological polar surface area (TPSA) is 93.5 Å². The van der Waals surface area contributed by atoms with Crippen molar-refractivity contribution in [2.75, 3.05) is 20.2 Å². The Labute approximate surface area is 207 Å². The van der Waals surface area contributed by atoms with Crippen LogP contribution in [-0.2, 0) is 17.1 Å². The number of carbonyl (C=O) groups is 1. The largest absolute Gasteiger partial charge is 0.496 e. The van der Waals surface area contributed by atoms with Crippen molar-refractivity contribution in [2.45, 2.75) is 31.2 Å². The first kappa shape index (κ1) is 24.9. The summed E-state index contributed by atoms with van der Waals surface area (Å²) in [5.41, 5.74) is 1.01. The number of amides is 1. The normalized spacial score (nSPS) is 19.8. The van der Waals surface area contributed by atoms with Crippen LogP contribution in [0.5, 0.6) is 5.75 Å². The number of hydrogen-bond acceptors (Lipinski definition) is 5. The second-order valence-electron chi connectivity index (χ2n) is 9.34. The molecule has 3 aromatic rings. The minimum atomic E-state index is -3.71. The maximum absolute atomic E-state index is 13.4. The van der Waals surface area contributed by atoms with Crippen LogP contribution in [0, 0.1) is 11.8 Å². The molecule has 0 spiro atoms. The third kappa shape index (κ3) is 5.26. The second kappa shape index (κ2) is 10.2. The van der Waals surface area contributed by atoms with Gasteiger partial charge >= 0.3 is 0 Å². The summed E-state index contributed by atoms with van der Waals surface area (Å²) in [7, 11) is -0.280. The van der Waals surface area contributed by atoms with Crippen LogP contribution < -0.4 is 10.1 Å². The quantitative estimate of drug-likeness (QED) is 0.539. The van der Waals surface area contributed by atoms with E-state index in [4.69, 9.17) is 4.74 Å². The summed E-state index contributed by atoms with van der Waals surface area (Å²) in [6.45, 7) is 5.10. The molecule has 3 atom stereocenters. The number of para-hydroxylation sites is 1. The number of aromatic nitrogens is 2. The maximum atomic E-state index is 13.4. The van der Waals surface area contributed by atoms with E-state index in [1.54, 1.807) is 37.7 Å². The molecular formula is C26H32N4O4S. The Bertz CT molecular complexity index is 1290. The number of sulfonamides is 1. The van der Waals surface area contributed by atoms with Gasteiger partial charge in [-0.15, -0.1) is 0 Å². The molecule has 1 fully saturated rings. The lowest BCUT2D eigenvalue weighted by atomic mass is 9.94. The number of aryl methyl sites for hydroxylation is 1. The van der Waals surface area contributed by atoms with Crippen molar-refractivity contribution in [1.82, 2.24) is 19.2 Å². The van der Waals surface area contributed by atoms with E-state index >= 15 is 0 Å². The van der Waals surface area contributed by atoms with Crippen molar-refractivity contribution in [3.8, 4) is 5.75 Å². The molecule has 0 radical (unpaired) electrons. The number of rotatable bonds is 7. The number of nitrogens with zero attached hydrogens (tertiary/aromatic N) is 3. The summed E-state index contributed by atoms with van der Waals surface area (Å²) in [6.07, 6.45) is 4.47. The Hall–Kier alpha value is -3.17. The zero-order valence-electron chi connectivity index (χ0n) is 20.5. The average molecular weight is 497 g/mol. The van der Waals surface area contributed by atoms with E-state index < -0.39 is 22.0 Å². The molecule has 35 heavy (non-hydrogen) atoms. The fourth-order valence-corrected chi connectivity index (χ4v) is 6.53. The van der Waals surface area contributed by atoms with Crippen LogP contribution in [0.15, 0.2) is 65.8 Å². The van der Waals surface area contributed by atoms with Gasteiger partial charge < -0.3 is 14.6 Å². The molecule has 9 heteroatoms. The highest BCUT2D eigenvalue weighted by molar-refractivity contribution is 7.89. The first-order valence-corrected chi connectivity index (χ1v) is 13.2. The van der Waals surface area contributed by atoms with Gasteiger partial charge in [0.25, 0.3) is 5.91 Å². The van der Waals surface area contributed by atoms with E-state index in [2.05, 4.69) is 24.1 Å². The van der Waals surface area contributed by atoms with Crippen molar-refractivity contribution in [2.24, 2.45) is 18.9 Å². The molecule has 2 heterocycles. The van der Waals surface area contributed by atoms with Gasteiger partial charge in [-0.05, 0) is 42.5 Å². The molecule has 4 rings (SSSR count). The Kier molecular flexibility index (Phi) is 7.28. The molecule has 0 aliphatic carbocycles. The molecule has 1 amide bonds. The highest BCUT2D eigenvalue weighted by atomic mass is 32.2. The molecule has 1 aliphatic heterocycles. The number of benzene rings is 2. The second-order valence-corrected chi connectivity index (χ2v) is 11.3. The van der Waals surface area contributed by atoms with Crippen molar-refractivity contribution in [3.63, 3.8) is 0 Å². The van der Waals surface area contributed by atoms with Crippen LogP contribution in [-0.4, -0.2) is 48.4 Å².